The van der Waals surface area contributed by atoms with Gasteiger partial charge in [0.1, 0.15) is 5.92 Å². The molecular weight excluding hydrogens is 253 g/mol. The quantitative estimate of drug-likeness (QED) is 0.755. The molecule has 0 aromatic carbocycles. The van der Waals surface area contributed by atoms with Gasteiger partial charge in [0, 0.05) is 19.6 Å². The molecule has 7 heteroatoms. The van der Waals surface area contributed by atoms with Crippen LogP contribution in [0.15, 0.2) is 0 Å². The van der Waals surface area contributed by atoms with Crippen LogP contribution in [0.25, 0.3) is 0 Å². The van der Waals surface area contributed by atoms with Gasteiger partial charge in [0.25, 0.3) is 0 Å². The third kappa shape index (κ3) is 4.08. The largest absolute Gasteiger partial charge is 0.399 e. The molecule has 0 aromatic heterocycles. The van der Waals surface area contributed by atoms with Gasteiger partial charge < -0.3 is 15.7 Å². The van der Waals surface area contributed by atoms with Gasteiger partial charge in [-0.15, -0.1) is 0 Å². The van der Waals surface area contributed by atoms with Gasteiger partial charge in [0.2, 0.25) is 0 Å². The Morgan fingerprint density at radius 3 is 2.59 bits per heavy atom. The maximum Gasteiger partial charge on any atom is 0.399 e. The molecule has 1 aliphatic rings. The smallest absolute Gasteiger partial charge is 0.393 e. The van der Waals surface area contributed by atoms with Crippen molar-refractivity contribution in [2.45, 2.75) is 25.6 Å². The molecule has 3 nitrogen and oxygen atoms in total. The molecule has 0 radical (unpaired) electrons. The van der Waals surface area contributed by atoms with E-state index < -0.39 is 23.2 Å². The zero-order valence-electron chi connectivity index (χ0n) is 9.57. The van der Waals surface area contributed by atoms with E-state index in [2.05, 4.69) is 12.2 Å². The van der Waals surface area contributed by atoms with Crippen LogP contribution in [0, 0.1) is 11.8 Å². The van der Waals surface area contributed by atoms with E-state index in [0.29, 0.717) is 19.5 Å². The SMILES string of the molecule is CC1CN(CC(C(N)=S)C(F)(F)F)CCC1O. The highest BCUT2D eigenvalue weighted by Gasteiger charge is 2.43. The van der Waals surface area contributed by atoms with Crippen molar-refractivity contribution in [1.29, 1.82) is 0 Å². The molecule has 3 atom stereocenters. The van der Waals surface area contributed by atoms with E-state index in [9.17, 15) is 18.3 Å². The molecule has 1 saturated heterocycles. The molecule has 0 spiro atoms. The number of likely N-dealkylation sites (tertiary alicyclic amines) is 1. The molecule has 1 aliphatic heterocycles. The molecule has 17 heavy (non-hydrogen) atoms. The summed E-state index contributed by atoms with van der Waals surface area (Å²) in [6.45, 7) is 2.49. The number of aliphatic hydroxyl groups is 1. The third-order valence-electron chi connectivity index (χ3n) is 3.12. The highest BCUT2D eigenvalue weighted by Crippen LogP contribution is 2.28. The number of halogens is 3. The van der Waals surface area contributed by atoms with E-state index in [0.717, 1.165) is 0 Å². The predicted molar refractivity (Wildman–Crippen MR) is 62.6 cm³/mol. The van der Waals surface area contributed by atoms with E-state index in [1.165, 1.54) is 0 Å². The van der Waals surface area contributed by atoms with Gasteiger partial charge in [0.05, 0.1) is 11.1 Å². The standard InChI is InChI=1S/C10H17F3N2OS/c1-6-4-15(3-2-8(6)16)5-7(9(14)17)10(11,12)13/h6-8,16H,2-5H2,1H3,(H2,14,17). The number of thiocarbonyl (C=S) groups is 1. The van der Waals surface area contributed by atoms with Crippen LogP contribution in [0.4, 0.5) is 13.2 Å². The van der Waals surface area contributed by atoms with Crippen molar-refractivity contribution in [1.82, 2.24) is 4.90 Å². The minimum atomic E-state index is -4.40. The van der Waals surface area contributed by atoms with Gasteiger partial charge in [-0.1, -0.05) is 19.1 Å². The number of piperidine rings is 1. The van der Waals surface area contributed by atoms with Gasteiger partial charge in [0.15, 0.2) is 0 Å². The van der Waals surface area contributed by atoms with Crippen molar-refractivity contribution in [3.8, 4) is 0 Å². The lowest BCUT2D eigenvalue weighted by atomic mass is 9.95. The third-order valence-corrected chi connectivity index (χ3v) is 3.41. The minimum Gasteiger partial charge on any atom is -0.393 e. The number of nitrogens with two attached hydrogens (primary N) is 1. The molecule has 0 saturated carbocycles. The Hall–Kier alpha value is -0.400. The Balaban J connectivity index is 2.60. The molecule has 3 N–H and O–H groups in total. The van der Waals surface area contributed by atoms with Gasteiger partial charge in [-0.2, -0.15) is 13.2 Å². The number of alkyl halides is 3. The monoisotopic (exact) mass is 270 g/mol. The summed E-state index contributed by atoms with van der Waals surface area (Å²) in [6, 6.07) is 0. The fraction of sp³-hybridized carbons (Fsp3) is 0.900. The number of nitrogens with zero attached hydrogens (tertiary/aromatic N) is 1. The first-order chi connectivity index (χ1) is 7.71. The van der Waals surface area contributed by atoms with Crippen LogP contribution in [0.5, 0.6) is 0 Å². The maximum absolute atomic E-state index is 12.7. The summed E-state index contributed by atoms with van der Waals surface area (Å²) in [5.74, 6) is -1.79. The first kappa shape index (κ1) is 14.7. The van der Waals surface area contributed by atoms with E-state index in [4.69, 9.17) is 5.73 Å². The highest BCUT2D eigenvalue weighted by molar-refractivity contribution is 7.80. The molecule has 0 bridgehead atoms. The second-order valence-electron chi connectivity index (χ2n) is 4.59. The lowest BCUT2D eigenvalue weighted by molar-refractivity contribution is -0.161. The Morgan fingerprint density at radius 2 is 2.18 bits per heavy atom. The van der Waals surface area contributed by atoms with E-state index in [1.807, 2.05) is 6.92 Å². The van der Waals surface area contributed by atoms with Crippen LogP contribution < -0.4 is 5.73 Å². The summed E-state index contributed by atoms with van der Waals surface area (Å²) in [5.41, 5.74) is 5.14. The van der Waals surface area contributed by atoms with E-state index in [-0.39, 0.29) is 12.5 Å². The van der Waals surface area contributed by atoms with Crippen molar-refractivity contribution in [2.24, 2.45) is 17.6 Å². The minimum absolute atomic E-state index is 0.0241. The summed E-state index contributed by atoms with van der Waals surface area (Å²) < 4.78 is 38.0. The van der Waals surface area contributed by atoms with Crippen molar-refractivity contribution in [2.75, 3.05) is 19.6 Å². The fourth-order valence-corrected chi connectivity index (χ4v) is 2.21. The number of hydrogen-bond acceptors (Lipinski definition) is 3. The zero-order valence-corrected chi connectivity index (χ0v) is 10.4. The lowest BCUT2D eigenvalue weighted by Crippen LogP contribution is -2.48. The average Bonchev–Trinajstić information content (AvgIpc) is 2.17. The molecule has 1 heterocycles. The molecule has 3 unspecified atom stereocenters. The van der Waals surface area contributed by atoms with Crippen LogP contribution in [-0.2, 0) is 0 Å². The highest BCUT2D eigenvalue weighted by atomic mass is 32.1. The van der Waals surface area contributed by atoms with Gasteiger partial charge in [-0.05, 0) is 12.3 Å². The Morgan fingerprint density at radius 1 is 1.59 bits per heavy atom. The van der Waals surface area contributed by atoms with Crippen LogP contribution in [-0.4, -0.2) is 46.9 Å². The van der Waals surface area contributed by atoms with Crippen LogP contribution in [0.3, 0.4) is 0 Å². The second-order valence-corrected chi connectivity index (χ2v) is 5.06. The molecule has 100 valence electrons. The summed E-state index contributed by atoms with van der Waals surface area (Å²) in [4.78, 5) is 1.14. The number of hydrogen-bond donors (Lipinski definition) is 2. The van der Waals surface area contributed by atoms with Gasteiger partial charge in [-0.3, -0.25) is 0 Å². The Kier molecular flexibility index (Phi) is 4.74. The number of aliphatic hydroxyl groups excluding tert-OH is 1. The van der Waals surface area contributed by atoms with Crippen LogP contribution in [0.2, 0.25) is 0 Å². The average molecular weight is 270 g/mol. The molecule has 1 rings (SSSR count). The predicted octanol–water partition coefficient (Wildman–Crippen LogP) is 1.15. The van der Waals surface area contributed by atoms with Crippen LogP contribution >= 0.6 is 12.2 Å². The lowest BCUT2D eigenvalue weighted by Gasteiger charge is -2.36. The van der Waals surface area contributed by atoms with E-state index >= 15 is 0 Å². The van der Waals surface area contributed by atoms with Crippen molar-refractivity contribution >= 4 is 17.2 Å². The molecule has 0 aromatic rings. The summed E-state index contributed by atoms with van der Waals surface area (Å²) in [6.07, 6.45) is -4.34. The van der Waals surface area contributed by atoms with Crippen molar-refractivity contribution in [3.63, 3.8) is 0 Å². The Bertz CT molecular complexity index is 285. The normalized spacial score (nSPS) is 29.0. The maximum atomic E-state index is 12.7. The van der Waals surface area contributed by atoms with Crippen molar-refractivity contribution in [3.05, 3.63) is 0 Å². The summed E-state index contributed by atoms with van der Waals surface area (Å²) >= 11 is 4.47. The van der Waals surface area contributed by atoms with Crippen LogP contribution in [0.1, 0.15) is 13.3 Å². The first-order valence-electron chi connectivity index (χ1n) is 5.48. The Labute approximate surface area is 104 Å². The first-order valence-corrected chi connectivity index (χ1v) is 5.89. The zero-order chi connectivity index (χ0) is 13.2. The number of rotatable bonds is 3. The molecule has 1 fully saturated rings. The summed E-state index contributed by atoms with van der Waals surface area (Å²) in [5, 5.41) is 9.50. The second kappa shape index (κ2) is 5.49. The topological polar surface area (TPSA) is 49.5 Å². The van der Waals surface area contributed by atoms with Crippen molar-refractivity contribution < 1.29 is 18.3 Å². The summed E-state index contributed by atoms with van der Waals surface area (Å²) in [7, 11) is 0. The molecular formula is C10H17F3N2OS. The van der Waals surface area contributed by atoms with Gasteiger partial charge in [-0.25, -0.2) is 0 Å². The van der Waals surface area contributed by atoms with Gasteiger partial charge >= 0.3 is 6.18 Å². The molecule has 0 amide bonds. The molecule has 0 aliphatic carbocycles. The fourth-order valence-electron chi connectivity index (χ4n) is 2.00. The van der Waals surface area contributed by atoms with E-state index in [1.54, 1.807) is 4.90 Å².